The quantitative estimate of drug-likeness (QED) is 0.750. The van der Waals surface area contributed by atoms with Crippen molar-refractivity contribution in [3.05, 3.63) is 29.3 Å². The molecular weight excluding hydrogens is 258 g/mol. The van der Waals surface area contributed by atoms with Gasteiger partial charge in [0.25, 0.3) is 0 Å². The van der Waals surface area contributed by atoms with E-state index in [0.717, 1.165) is 11.3 Å². The number of benzene rings is 1. The molecule has 0 aliphatic heterocycles. The molecule has 1 rings (SSSR count). The molecule has 1 unspecified atom stereocenters. The smallest absolute Gasteiger partial charge is 0.321 e. The molecule has 5 heteroatoms. The number of carboxylic acid groups (broad SMARTS) is 1. The fraction of sp³-hybridized carbons (Fsp3) is 0.417. The molecule has 0 spiro atoms. The highest BCUT2D eigenvalue weighted by Gasteiger charge is 2.16. The van der Waals surface area contributed by atoms with Crippen LogP contribution in [0.25, 0.3) is 0 Å². The molecule has 0 fully saturated rings. The summed E-state index contributed by atoms with van der Waals surface area (Å²) in [6.07, 6.45) is 0.917. The second-order valence-electron chi connectivity index (χ2n) is 3.59. The van der Waals surface area contributed by atoms with E-state index in [0.29, 0.717) is 17.3 Å². The van der Waals surface area contributed by atoms with Crippen LogP contribution in [-0.4, -0.2) is 29.4 Å². The number of halogens is 1. The predicted octanol–water partition coefficient (Wildman–Crippen LogP) is 2.88. The van der Waals surface area contributed by atoms with Gasteiger partial charge in [-0.25, -0.2) is 0 Å². The molecule has 1 atom stereocenters. The van der Waals surface area contributed by atoms with Gasteiger partial charge in [0.1, 0.15) is 6.04 Å². The van der Waals surface area contributed by atoms with Gasteiger partial charge in [0.15, 0.2) is 0 Å². The normalized spacial score (nSPS) is 12.4. The maximum atomic E-state index is 11.0. The minimum atomic E-state index is -0.821. The van der Waals surface area contributed by atoms with Gasteiger partial charge in [-0.3, -0.25) is 4.79 Å². The van der Waals surface area contributed by atoms with Crippen molar-refractivity contribution in [3.8, 4) is 0 Å². The zero-order chi connectivity index (χ0) is 12.7. The van der Waals surface area contributed by atoms with Crippen LogP contribution in [0.3, 0.4) is 0 Å². The first kappa shape index (κ1) is 14.4. The summed E-state index contributed by atoms with van der Waals surface area (Å²) in [4.78, 5) is 11.9. The molecule has 0 saturated heterocycles. The number of thioether (sulfide) groups is 1. The van der Waals surface area contributed by atoms with Crippen LogP contribution >= 0.6 is 23.4 Å². The molecule has 1 aromatic rings. The van der Waals surface area contributed by atoms with Crippen molar-refractivity contribution in [2.45, 2.75) is 24.3 Å². The topological polar surface area (TPSA) is 49.3 Å². The van der Waals surface area contributed by atoms with Crippen molar-refractivity contribution in [1.82, 2.24) is 5.32 Å². The molecule has 0 radical (unpaired) electrons. The predicted molar refractivity (Wildman–Crippen MR) is 71.9 cm³/mol. The Kier molecular flexibility index (Phi) is 6.40. The molecule has 0 amide bonds. The van der Waals surface area contributed by atoms with E-state index in [2.05, 4.69) is 5.32 Å². The van der Waals surface area contributed by atoms with E-state index < -0.39 is 12.0 Å². The molecule has 3 nitrogen and oxygen atoms in total. The average Bonchev–Trinajstić information content (AvgIpc) is 2.31. The lowest BCUT2D eigenvalue weighted by Crippen LogP contribution is -2.39. The summed E-state index contributed by atoms with van der Waals surface area (Å²) in [7, 11) is 0. The van der Waals surface area contributed by atoms with Crippen LogP contribution in [0.15, 0.2) is 29.2 Å². The third kappa shape index (κ3) is 4.98. The Hall–Kier alpha value is -0.710. The second kappa shape index (κ2) is 7.58. The van der Waals surface area contributed by atoms with Crippen molar-refractivity contribution in [2.75, 3.05) is 12.3 Å². The van der Waals surface area contributed by atoms with Crippen molar-refractivity contribution in [1.29, 1.82) is 0 Å². The third-order valence-corrected chi connectivity index (χ3v) is 3.79. The molecule has 0 saturated carbocycles. The molecule has 0 aliphatic rings. The van der Waals surface area contributed by atoms with Crippen molar-refractivity contribution in [2.24, 2.45) is 0 Å². The Labute approximate surface area is 111 Å². The Morgan fingerprint density at radius 2 is 2.24 bits per heavy atom. The number of hydrogen-bond acceptors (Lipinski definition) is 3. The standard InChI is InChI=1S/C12H16ClNO2S/c1-2-7-14-10(12(15)16)8-17-11-6-4-3-5-9(11)13/h3-6,10,14H,2,7-8H2,1H3,(H,15,16). The summed E-state index contributed by atoms with van der Waals surface area (Å²) >= 11 is 7.46. The fourth-order valence-electron chi connectivity index (χ4n) is 1.27. The van der Waals surface area contributed by atoms with Crippen LogP contribution in [0.2, 0.25) is 5.02 Å². The molecule has 0 aliphatic carbocycles. The molecule has 0 bridgehead atoms. The first-order valence-corrected chi connectivity index (χ1v) is 6.85. The van der Waals surface area contributed by atoms with Crippen LogP contribution < -0.4 is 5.32 Å². The van der Waals surface area contributed by atoms with Gasteiger partial charge >= 0.3 is 5.97 Å². The van der Waals surface area contributed by atoms with Gasteiger partial charge in [-0.2, -0.15) is 0 Å². The highest BCUT2D eigenvalue weighted by atomic mass is 35.5. The maximum Gasteiger partial charge on any atom is 0.321 e. The summed E-state index contributed by atoms with van der Waals surface area (Å²) < 4.78 is 0. The van der Waals surface area contributed by atoms with E-state index in [4.69, 9.17) is 16.7 Å². The van der Waals surface area contributed by atoms with E-state index >= 15 is 0 Å². The Bertz CT molecular complexity index is 373. The summed E-state index contributed by atoms with van der Waals surface area (Å²) in [6.45, 7) is 2.72. The largest absolute Gasteiger partial charge is 0.480 e. The minimum absolute atomic E-state index is 0.471. The SMILES string of the molecule is CCCNC(CSc1ccccc1Cl)C(=O)O. The number of rotatable bonds is 7. The number of carboxylic acids is 1. The molecule has 0 aromatic heterocycles. The van der Waals surface area contributed by atoms with E-state index in [1.807, 2.05) is 25.1 Å². The Balaban J connectivity index is 2.52. The van der Waals surface area contributed by atoms with Crippen LogP contribution in [0.5, 0.6) is 0 Å². The number of hydrogen-bond donors (Lipinski definition) is 2. The molecule has 1 aromatic carbocycles. The lowest BCUT2D eigenvalue weighted by Gasteiger charge is -2.13. The zero-order valence-electron chi connectivity index (χ0n) is 9.65. The highest BCUT2D eigenvalue weighted by molar-refractivity contribution is 7.99. The van der Waals surface area contributed by atoms with Crippen molar-refractivity contribution in [3.63, 3.8) is 0 Å². The first-order chi connectivity index (χ1) is 8.15. The third-order valence-electron chi connectivity index (χ3n) is 2.18. The van der Waals surface area contributed by atoms with Gasteiger partial charge in [0.2, 0.25) is 0 Å². The van der Waals surface area contributed by atoms with E-state index in [1.54, 1.807) is 6.07 Å². The summed E-state index contributed by atoms with van der Waals surface area (Å²) in [5, 5.41) is 12.7. The van der Waals surface area contributed by atoms with Gasteiger partial charge in [0.05, 0.1) is 5.02 Å². The maximum absolute atomic E-state index is 11.0. The van der Waals surface area contributed by atoms with Gasteiger partial charge in [-0.15, -0.1) is 11.8 Å². The van der Waals surface area contributed by atoms with Crippen LogP contribution in [0, 0.1) is 0 Å². The highest BCUT2D eigenvalue weighted by Crippen LogP contribution is 2.26. The van der Waals surface area contributed by atoms with Crippen LogP contribution in [0.1, 0.15) is 13.3 Å². The molecule has 0 heterocycles. The van der Waals surface area contributed by atoms with Crippen LogP contribution in [-0.2, 0) is 4.79 Å². The van der Waals surface area contributed by atoms with E-state index in [-0.39, 0.29) is 0 Å². The van der Waals surface area contributed by atoms with E-state index in [9.17, 15) is 4.79 Å². The molecule has 17 heavy (non-hydrogen) atoms. The fourth-order valence-corrected chi connectivity index (χ4v) is 2.56. The Morgan fingerprint density at radius 1 is 1.53 bits per heavy atom. The monoisotopic (exact) mass is 273 g/mol. The van der Waals surface area contributed by atoms with Crippen LogP contribution in [0.4, 0.5) is 0 Å². The average molecular weight is 274 g/mol. The van der Waals surface area contributed by atoms with Gasteiger partial charge in [-0.1, -0.05) is 30.7 Å². The van der Waals surface area contributed by atoms with Crippen molar-refractivity contribution >= 4 is 29.3 Å². The van der Waals surface area contributed by atoms with E-state index in [1.165, 1.54) is 11.8 Å². The Morgan fingerprint density at radius 3 is 2.82 bits per heavy atom. The minimum Gasteiger partial charge on any atom is -0.480 e. The lowest BCUT2D eigenvalue weighted by atomic mass is 10.3. The second-order valence-corrected chi connectivity index (χ2v) is 5.06. The molecule has 2 N–H and O–H groups in total. The number of aliphatic carboxylic acids is 1. The first-order valence-electron chi connectivity index (χ1n) is 5.48. The zero-order valence-corrected chi connectivity index (χ0v) is 11.2. The number of nitrogens with one attached hydrogen (secondary N) is 1. The van der Waals surface area contributed by atoms with Gasteiger partial charge in [-0.05, 0) is 25.1 Å². The number of carbonyl (C=O) groups is 1. The van der Waals surface area contributed by atoms with Gasteiger partial charge in [0, 0.05) is 10.6 Å². The summed E-state index contributed by atoms with van der Waals surface area (Å²) in [6, 6.07) is 6.92. The van der Waals surface area contributed by atoms with Gasteiger partial charge < -0.3 is 10.4 Å². The molecule has 94 valence electrons. The van der Waals surface area contributed by atoms with Crippen molar-refractivity contribution < 1.29 is 9.90 Å². The summed E-state index contributed by atoms with van der Waals surface area (Å²) in [5.74, 6) is -0.350. The lowest BCUT2D eigenvalue weighted by molar-refractivity contribution is -0.138. The summed E-state index contributed by atoms with van der Waals surface area (Å²) in [5.41, 5.74) is 0. The molecular formula is C12H16ClNO2S.